The highest BCUT2D eigenvalue weighted by Gasteiger charge is 2.32. The lowest BCUT2D eigenvalue weighted by Crippen LogP contribution is -2.00. The lowest BCUT2D eigenvalue weighted by molar-refractivity contribution is 1.16. The molecule has 352 valence electrons. The van der Waals surface area contributed by atoms with Crippen LogP contribution in [0.15, 0.2) is 279 Å². The lowest BCUT2D eigenvalue weighted by atomic mass is 9.86. The summed E-state index contributed by atoms with van der Waals surface area (Å²) in [5, 5.41) is 19.6. The van der Waals surface area contributed by atoms with E-state index in [1.807, 2.05) is 0 Å². The predicted molar refractivity (Wildman–Crippen MR) is 324 cm³/mol. The molecule has 0 bridgehead atoms. The van der Waals surface area contributed by atoms with Crippen LogP contribution in [-0.2, 0) is 0 Å². The maximum Gasteiger partial charge on any atom is 0.0626 e. The van der Waals surface area contributed by atoms with Gasteiger partial charge in [-0.2, -0.15) is 0 Å². The second-order valence-electron chi connectivity index (χ2n) is 20.2. The standard InChI is InChI=1S/C74H46N2/c1-5-25-47(26-6-1)65-69-67-59-41-21-24-44-62(59)74-70(66(48-27-7-2-8-28-48)72(50-31-11-4-12-32-50)76(74)64-46-52-34-14-16-36-54(52)56-38-18-20-40-58(56)64)68(67)60-42-22-23-43-61(60)73(69)75(71(65)49-29-9-3-10-30-49)63-45-51-33-13-15-35-53(51)55-37-17-19-39-57(55)63/h1-46H. The number of hydrogen-bond donors (Lipinski definition) is 0. The molecule has 2 heterocycles. The van der Waals surface area contributed by atoms with Crippen LogP contribution in [0.25, 0.3) is 153 Å². The zero-order valence-electron chi connectivity index (χ0n) is 41.5. The minimum absolute atomic E-state index is 1.15. The molecule has 0 aliphatic rings. The van der Waals surface area contributed by atoms with Crippen molar-refractivity contribution >= 4 is 97.2 Å². The zero-order chi connectivity index (χ0) is 49.8. The Balaban J connectivity index is 1.24. The van der Waals surface area contributed by atoms with Gasteiger partial charge in [0.2, 0.25) is 0 Å². The molecule has 0 aliphatic carbocycles. The van der Waals surface area contributed by atoms with Gasteiger partial charge in [0.15, 0.2) is 0 Å². The van der Waals surface area contributed by atoms with Crippen LogP contribution in [0.5, 0.6) is 0 Å². The van der Waals surface area contributed by atoms with Gasteiger partial charge in [-0.05, 0) is 77.5 Å². The molecule has 16 rings (SSSR count). The highest BCUT2D eigenvalue weighted by Crippen LogP contribution is 2.56. The van der Waals surface area contributed by atoms with Crippen LogP contribution in [0.2, 0.25) is 0 Å². The van der Waals surface area contributed by atoms with Gasteiger partial charge in [-0.3, -0.25) is 0 Å². The van der Waals surface area contributed by atoms with E-state index in [1.54, 1.807) is 0 Å². The van der Waals surface area contributed by atoms with Crippen LogP contribution >= 0.6 is 0 Å². The molecular formula is C74H46N2. The molecule has 0 unspecified atom stereocenters. The van der Waals surface area contributed by atoms with Gasteiger partial charge in [0.25, 0.3) is 0 Å². The smallest absolute Gasteiger partial charge is 0.0626 e. The van der Waals surface area contributed by atoms with Crippen molar-refractivity contribution < 1.29 is 0 Å². The Morgan fingerprint density at radius 1 is 0.197 bits per heavy atom. The summed E-state index contributed by atoms with van der Waals surface area (Å²) in [6.45, 7) is 0. The molecular weight excluding hydrogens is 917 g/mol. The Morgan fingerprint density at radius 3 is 0.842 bits per heavy atom. The number of aromatic nitrogens is 2. The van der Waals surface area contributed by atoms with Crippen LogP contribution in [0.4, 0.5) is 0 Å². The fourth-order valence-electron chi connectivity index (χ4n) is 13.2. The van der Waals surface area contributed by atoms with Crippen molar-refractivity contribution in [3.05, 3.63) is 279 Å². The second kappa shape index (κ2) is 16.8. The summed E-state index contributed by atoms with van der Waals surface area (Å²) < 4.78 is 5.28. The van der Waals surface area contributed by atoms with Gasteiger partial charge in [-0.15, -0.1) is 0 Å². The van der Waals surface area contributed by atoms with Gasteiger partial charge < -0.3 is 9.13 Å². The van der Waals surface area contributed by atoms with Crippen LogP contribution in [0, 0.1) is 0 Å². The largest absolute Gasteiger partial charge is 0.307 e. The van der Waals surface area contributed by atoms with Crippen LogP contribution < -0.4 is 0 Å². The monoisotopic (exact) mass is 962 g/mol. The molecule has 16 aromatic rings. The molecule has 0 aliphatic heterocycles. The summed E-state index contributed by atoms with van der Waals surface area (Å²) in [5.41, 5.74) is 14.1. The van der Waals surface area contributed by atoms with Crippen molar-refractivity contribution in [2.24, 2.45) is 0 Å². The molecule has 0 radical (unpaired) electrons. The fraction of sp³-hybridized carbons (Fsp3) is 0. The first-order chi connectivity index (χ1) is 37.8. The van der Waals surface area contributed by atoms with Crippen LogP contribution in [0.3, 0.4) is 0 Å². The topological polar surface area (TPSA) is 9.86 Å². The lowest BCUT2D eigenvalue weighted by Gasteiger charge is -2.19. The molecule has 0 N–H and O–H groups in total. The van der Waals surface area contributed by atoms with Gasteiger partial charge in [-0.1, -0.05) is 267 Å². The van der Waals surface area contributed by atoms with E-state index in [0.717, 1.165) is 33.9 Å². The maximum absolute atomic E-state index is 2.64. The van der Waals surface area contributed by atoms with E-state index in [9.17, 15) is 0 Å². The Labute approximate surface area is 439 Å². The van der Waals surface area contributed by atoms with Gasteiger partial charge >= 0.3 is 0 Å². The fourth-order valence-corrected chi connectivity index (χ4v) is 13.2. The van der Waals surface area contributed by atoms with Crippen molar-refractivity contribution in [3.8, 4) is 56.1 Å². The molecule has 0 amide bonds. The first-order valence-corrected chi connectivity index (χ1v) is 26.4. The van der Waals surface area contributed by atoms with Gasteiger partial charge in [-0.25, -0.2) is 0 Å². The highest BCUT2D eigenvalue weighted by molar-refractivity contribution is 6.44. The SMILES string of the molecule is c1ccc(-c2c(-c3ccccc3)n(-c3cc4ccccc4c4ccccc34)c3c4ccccc4c4c5c(-c6ccccc6)c(-c6ccccc6)n(-c6cc7ccccc7c7ccccc67)c5c5ccccc5c4c23)cc1. The van der Waals surface area contributed by atoms with E-state index in [2.05, 4.69) is 288 Å². The molecule has 0 spiro atoms. The molecule has 0 fully saturated rings. The summed E-state index contributed by atoms with van der Waals surface area (Å²) in [6.07, 6.45) is 0. The number of benzene rings is 14. The maximum atomic E-state index is 2.64. The Kier molecular flexibility index (Phi) is 9.37. The summed E-state index contributed by atoms with van der Waals surface area (Å²) in [6, 6.07) is 104. The van der Waals surface area contributed by atoms with Crippen molar-refractivity contribution in [2.75, 3.05) is 0 Å². The molecule has 0 saturated carbocycles. The third-order valence-electron chi connectivity index (χ3n) is 16.2. The average Bonchev–Trinajstić information content (AvgIpc) is 4.26. The third kappa shape index (κ3) is 6.10. The number of hydrogen-bond acceptors (Lipinski definition) is 0. The first kappa shape index (κ1) is 42.5. The molecule has 0 saturated heterocycles. The number of rotatable bonds is 6. The third-order valence-corrected chi connectivity index (χ3v) is 16.2. The van der Waals surface area contributed by atoms with Crippen molar-refractivity contribution in [3.63, 3.8) is 0 Å². The normalized spacial score (nSPS) is 11.9. The van der Waals surface area contributed by atoms with Crippen molar-refractivity contribution in [1.82, 2.24) is 9.13 Å². The average molecular weight is 963 g/mol. The van der Waals surface area contributed by atoms with Gasteiger partial charge in [0.1, 0.15) is 0 Å². The van der Waals surface area contributed by atoms with Crippen LogP contribution in [0.1, 0.15) is 0 Å². The Morgan fingerprint density at radius 2 is 0.474 bits per heavy atom. The first-order valence-electron chi connectivity index (χ1n) is 26.4. The zero-order valence-corrected chi connectivity index (χ0v) is 41.5. The molecule has 2 aromatic heterocycles. The van der Waals surface area contributed by atoms with Crippen LogP contribution in [-0.4, -0.2) is 9.13 Å². The van der Waals surface area contributed by atoms with E-state index in [0.29, 0.717) is 0 Å². The van der Waals surface area contributed by atoms with E-state index in [1.165, 1.54) is 119 Å². The Hall–Kier alpha value is -10.0. The van der Waals surface area contributed by atoms with Crippen molar-refractivity contribution in [1.29, 1.82) is 0 Å². The van der Waals surface area contributed by atoms with E-state index in [4.69, 9.17) is 0 Å². The molecule has 0 atom stereocenters. The number of nitrogens with zero attached hydrogens (tertiary/aromatic N) is 2. The second-order valence-corrected chi connectivity index (χ2v) is 20.2. The van der Waals surface area contributed by atoms with Gasteiger partial charge in [0.05, 0.1) is 33.8 Å². The van der Waals surface area contributed by atoms with E-state index < -0.39 is 0 Å². The molecule has 76 heavy (non-hydrogen) atoms. The summed E-state index contributed by atoms with van der Waals surface area (Å²) in [4.78, 5) is 0. The minimum Gasteiger partial charge on any atom is -0.307 e. The summed E-state index contributed by atoms with van der Waals surface area (Å²) >= 11 is 0. The minimum atomic E-state index is 1.15. The molecule has 2 heteroatoms. The van der Waals surface area contributed by atoms with Crippen molar-refractivity contribution in [2.45, 2.75) is 0 Å². The quantitative estimate of drug-likeness (QED) is 0.147. The highest BCUT2D eigenvalue weighted by atomic mass is 15.0. The van der Waals surface area contributed by atoms with Gasteiger partial charge in [0, 0.05) is 54.2 Å². The Bertz CT molecular complexity index is 4690. The molecule has 14 aromatic carbocycles. The summed E-state index contributed by atoms with van der Waals surface area (Å²) in [7, 11) is 0. The summed E-state index contributed by atoms with van der Waals surface area (Å²) in [5.74, 6) is 0. The van der Waals surface area contributed by atoms with E-state index in [-0.39, 0.29) is 0 Å². The van der Waals surface area contributed by atoms with E-state index >= 15 is 0 Å². The number of fused-ring (bicyclic) bond motifs is 17. The predicted octanol–water partition coefficient (Wildman–Crippen LogP) is 20.3. The molecule has 2 nitrogen and oxygen atoms in total.